The molecule has 2 rings (SSSR count). The van der Waals surface area contributed by atoms with Gasteiger partial charge in [-0.2, -0.15) is 5.10 Å². The zero-order valence-corrected chi connectivity index (χ0v) is 11.5. The summed E-state index contributed by atoms with van der Waals surface area (Å²) in [5, 5.41) is 4.54. The number of nitrogens with two attached hydrogens (primary N) is 1. The number of nitrogens with zero attached hydrogens (tertiary/aromatic N) is 2. The summed E-state index contributed by atoms with van der Waals surface area (Å²) < 4.78 is 3.13. The first-order chi connectivity index (χ1) is 7.11. The molecule has 2 N–H and O–H groups in total. The van der Waals surface area contributed by atoms with Gasteiger partial charge in [-0.15, -0.1) is 0 Å². The molecule has 1 heterocycles. The lowest BCUT2D eigenvalue weighted by atomic mass is 10.0. The largest absolute Gasteiger partial charge is 0.383 e. The van der Waals surface area contributed by atoms with E-state index in [4.69, 9.17) is 5.73 Å². The van der Waals surface area contributed by atoms with Crippen LogP contribution >= 0.6 is 22.6 Å². The van der Waals surface area contributed by atoms with Crippen LogP contribution in [0.1, 0.15) is 44.3 Å². The molecule has 1 saturated carbocycles. The van der Waals surface area contributed by atoms with Gasteiger partial charge < -0.3 is 5.73 Å². The Morgan fingerprint density at radius 2 is 2.07 bits per heavy atom. The molecule has 1 fully saturated rings. The van der Waals surface area contributed by atoms with E-state index in [1.54, 1.807) is 0 Å². The summed E-state index contributed by atoms with van der Waals surface area (Å²) in [5.41, 5.74) is 7.12. The van der Waals surface area contributed by atoms with Gasteiger partial charge in [0, 0.05) is 0 Å². The average molecular weight is 319 g/mol. The van der Waals surface area contributed by atoms with Crippen LogP contribution < -0.4 is 5.73 Å². The molecule has 1 aromatic heterocycles. The molecular weight excluding hydrogens is 301 g/mol. The van der Waals surface area contributed by atoms with Gasteiger partial charge in [0.25, 0.3) is 0 Å². The van der Waals surface area contributed by atoms with E-state index >= 15 is 0 Å². The van der Waals surface area contributed by atoms with Crippen LogP contribution in [0.5, 0.6) is 0 Å². The van der Waals surface area contributed by atoms with Crippen LogP contribution in [0.25, 0.3) is 0 Å². The Morgan fingerprint density at radius 3 is 2.53 bits per heavy atom. The number of aromatic nitrogens is 2. The molecule has 0 aromatic carbocycles. The smallest absolute Gasteiger partial charge is 0.135 e. The molecule has 1 aliphatic carbocycles. The third kappa shape index (κ3) is 2.00. The Kier molecular flexibility index (Phi) is 3.23. The number of hydrogen-bond donors (Lipinski definition) is 1. The topological polar surface area (TPSA) is 43.8 Å². The first-order valence-corrected chi connectivity index (χ1v) is 6.69. The predicted octanol–water partition coefficient (Wildman–Crippen LogP) is 3.13. The van der Waals surface area contributed by atoms with E-state index in [0.29, 0.717) is 6.04 Å². The minimum atomic E-state index is 0.453. The maximum Gasteiger partial charge on any atom is 0.135 e. The normalized spacial score (nSPS) is 19.7. The van der Waals surface area contributed by atoms with Gasteiger partial charge in [0.1, 0.15) is 5.82 Å². The molecule has 4 heteroatoms. The summed E-state index contributed by atoms with van der Waals surface area (Å²) in [6.45, 7) is 4.27. The second kappa shape index (κ2) is 4.31. The molecule has 0 radical (unpaired) electrons. The van der Waals surface area contributed by atoms with E-state index < -0.39 is 0 Å². The highest BCUT2D eigenvalue weighted by molar-refractivity contribution is 14.1. The van der Waals surface area contributed by atoms with Gasteiger partial charge in [-0.05, 0) is 55.2 Å². The lowest BCUT2D eigenvalue weighted by Crippen LogP contribution is -2.17. The van der Waals surface area contributed by atoms with Crippen LogP contribution in [0.4, 0.5) is 5.82 Å². The van der Waals surface area contributed by atoms with Crippen molar-refractivity contribution in [2.45, 2.75) is 45.6 Å². The van der Waals surface area contributed by atoms with Crippen molar-refractivity contribution in [1.82, 2.24) is 9.78 Å². The zero-order valence-electron chi connectivity index (χ0n) is 9.33. The van der Waals surface area contributed by atoms with Crippen molar-refractivity contribution in [2.24, 2.45) is 5.92 Å². The molecule has 3 nitrogen and oxygen atoms in total. The van der Waals surface area contributed by atoms with E-state index in [0.717, 1.165) is 21.0 Å². The number of halogens is 1. The van der Waals surface area contributed by atoms with Crippen LogP contribution in [0.15, 0.2) is 0 Å². The minimum absolute atomic E-state index is 0.453. The molecular formula is C11H18IN3. The molecule has 84 valence electrons. The first kappa shape index (κ1) is 11.2. The van der Waals surface area contributed by atoms with Crippen molar-refractivity contribution in [3.63, 3.8) is 0 Å². The second-order valence-electron chi connectivity index (χ2n) is 4.51. The SMILES string of the molecule is Cc1nn(C(C)C2CCCC2)c(N)c1I. The Hall–Kier alpha value is -0.260. The van der Waals surface area contributed by atoms with Crippen LogP contribution in [0.2, 0.25) is 0 Å². The summed E-state index contributed by atoms with van der Waals surface area (Å²) >= 11 is 2.28. The lowest BCUT2D eigenvalue weighted by molar-refractivity contribution is 0.338. The van der Waals surface area contributed by atoms with Crippen molar-refractivity contribution < 1.29 is 0 Å². The highest BCUT2D eigenvalue weighted by atomic mass is 127. The van der Waals surface area contributed by atoms with Gasteiger partial charge in [0.2, 0.25) is 0 Å². The molecule has 1 aromatic rings. The lowest BCUT2D eigenvalue weighted by Gasteiger charge is -2.20. The Labute approximate surface area is 105 Å². The molecule has 0 amide bonds. The second-order valence-corrected chi connectivity index (χ2v) is 5.59. The Morgan fingerprint density at radius 1 is 1.47 bits per heavy atom. The number of anilines is 1. The fourth-order valence-corrected chi connectivity index (χ4v) is 2.85. The molecule has 0 aliphatic heterocycles. The first-order valence-electron chi connectivity index (χ1n) is 5.61. The van der Waals surface area contributed by atoms with Crippen LogP contribution in [0.3, 0.4) is 0 Å². The van der Waals surface area contributed by atoms with E-state index in [9.17, 15) is 0 Å². The highest BCUT2D eigenvalue weighted by Gasteiger charge is 2.25. The predicted molar refractivity (Wildman–Crippen MR) is 70.8 cm³/mol. The molecule has 1 aliphatic rings. The molecule has 1 atom stereocenters. The molecule has 0 saturated heterocycles. The number of rotatable bonds is 2. The van der Waals surface area contributed by atoms with Crippen molar-refractivity contribution >= 4 is 28.4 Å². The quantitative estimate of drug-likeness (QED) is 0.851. The van der Waals surface area contributed by atoms with Crippen LogP contribution in [-0.2, 0) is 0 Å². The summed E-state index contributed by atoms with van der Waals surface area (Å²) in [5.74, 6) is 1.61. The fourth-order valence-electron chi connectivity index (χ4n) is 2.50. The van der Waals surface area contributed by atoms with Crippen molar-refractivity contribution in [2.75, 3.05) is 5.73 Å². The van der Waals surface area contributed by atoms with Crippen LogP contribution in [0, 0.1) is 16.4 Å². The number of hydrogen-bond acceptors (Lipinski definition) is 2. The third-order valence-electron chi connectivity index (χ3n) is 3.51. The Balaban J connectivity index is 2.24. The van der Waals surface area contributed by atoms with E-state index in [2.05, 4.69) is 34.6 Å². The van der Waals surface area contributed by atoms with Crippen molar-refractivity contribution in [3.8, 4) is 0 Å². The van der Waals surface area contributed by atoms with Gasteiger partial charge in [0.05, 0.1) is 15.3 Å². The summed E-state index contributed by atoms with van der Waals surface area (Å²) in [6, 6.07) is 0.453. The van der Waals surface area contributed by atoms with Crippen molar-refractivity contribution in [3.05, 3.63) is 9.26 Å². The van der Waals surface area contributed by atoms with Gasteiger partial charge in [-0.1, -0.05) is 12.8 Å². The molecule has 0 spiro atoms. The van der Waals surface area contributed by atoms with Gasteiger partial charge >= 0.3 is 0 Å². The summed E-state index contributed by atoms with van der Waals surface area (Å²) in [6.07, 6.45) is 5.39. The maximum atomic E-state index is 6.06. The molecule has 1 unspecified atom stereocenters. The van der Waals surface area contributed by atoms with E-state index in [1.807, 2.05) is 11.6 Å². The van der Waals surface area contributed by atoms with Crippen LogP contribution in [-0.4, -0.2) is 9.78 Å². The third-order valence-corrected chi connectivity index (χ3v) is 4.85. The summed E-state index contributed by atoms with van der Waals surface area (Å²) in [4.78, 5) is 0. The highest BCUT2D eigenvalue weighted by Crippen LogP contribution is 2.35. The van der Waals surface area contributed by atoms with Crippen molar-refractivity contribution in [1.29, 1.82) is 0 Å². The van der Waals surface area contributed by atoms with Gasteiger partial charge in [-0.25, -0.2) is 4.68 Å². The molecule has 0 bridgehead atoms. The van der Waals surface area contributed by atoms with Gasteiger partial charge in [-0.3, -0.25) is 0 Å². The maximum absolute atomic E-state index is 6.06. The van der Waals surface area contributed by atoms with Gasteiger partial charge in [0.15, 0.2) is 0 Å². The zero-order chi connectivity index (χ0) is 11.0. The standard InChI is InChI=1S/C11H18IN3/c1-7-10(12)11(13)15(14-7)8(2)9-5-3-4-6-9/h8-9H,3-6,13H2,1-2H3. The van der Waals surface area contributed by atoms with E-state index in [1.165, 1.54) is 25.7 Å². The number of nitrogen functional groups attached to an aromatic ring is 1. The average Bonchev–Trinajstić information content (AvgIpc) is 2.82. The van der Waals surface area contributed by atoms with E-state index in [-0.39, 0.29) is 0 Å². The molecule has 15 heavy (non-hydrogen) atoms. The monoisotopic (exact) mass is 319 g/mol. The fraction of sp³-hybridized carbons (Fsp3) is 0.727. The minimum Gasteiger partial charge on any atom is -0.383 e. The number of aryl methyl sites for hydroxylation is 1. The Bertz CT molecular complexity index is 353. The summed E-state index contributed by atoms with van der Waals surface area (Å²) in [7, 11) is 0.